The molecule has 0 aliphatic heterocycles. The van der Waals surface area contributed by atoms with E-state index in [0.29, 0.717) is 21.9 Å². The van der Waals surface area contributed by atoms with Gasteiger partial charge in [0.1, 0.15) is 18.2 Å². The summed E-state index contributed by atoms with van der Waals surface area (Å²) in [5, 5.41) is 12.3. The standard InChI is InChI=1S/C26H25NO7S/c1-15-8-11-22-20(13-23(29)34-25(22)16(15)2)14-33-26(30)24(17(3)28)27-35(31,32)21-10-9-18-6-4-5-7-19(18)12-21/h4-13,17,24,27-28H,14H2,1-3H3/t17-,24+/m1/s1. The van der Waals surface area contributed by atoms with Crippen molar-refractivity contribution in [1.29, 1.82) is 0 Å². The number of ether oxygens (including phenoxy) is 1. The molecule has 2 atom stereocenters. The van der Waals surface area contributed by atoms with Crippen molar-refractivity contribution in [1.82, 2.24) is 4.72 Å². The Balaban J connectivity index is 1.56. The molecule has 0 fully saturated rings. The highest BCUT2D eigenvalue weighted by molar-refractivity contribution is 7.89. The van der Waals surface area contributed by atoms with Crippen LogP contribution in [0.25, 0.3) is 21.7 Å². The van der Waals surface area contributed by atoms with Gasteiger partial charge in [0.15, 0.2) is 0 Å². The molecule has 4 aromatic rings. The molecule has 35 heavy (non-hydrogen) atoms. The van der Waals surface area contributed by atoms with E-state index in [9.17, 15) is 23.1 Å². The van der Waals surface area contributed by atoms with Crippen LogP contribution >= 0.6 is 0 Å². The second kappa shape index (κ2) is 9.61. The summed E-state index contributed by atoms with van der Waals surface area (Å²) in [7, 11) is -4.15. The Morgan fingerprint density at radius 2 is 1.77 bits per heavy atom. The van der Waals surface area contributed by atoms with Gasteiger partial charge in [0, 0.05) is 17.0 Å². The number of carbonyl (C=O) groups is 1. The lowest BCUT2D eigenvalue weighted by Gasteiger charge is -2.20. The zero-order chi connectivity index (χ0) is 25.3. The minimum absolute atomic E-state index is 0.0489. The van der Waals surface area contributed by atoms with E-state index in [1.807, 2.05) is 32.0 Å². The quantitative estimate of drug-likeness (QED) is 0.298. The highest BCUT2D eigenvalue weighted by Gasteiger charge is 2.31. The molecule has 2 N–H and O–H groups in total. The van der Waals surface area contributed by atoms with Crippen molar-refractivity contribution in [3.8, 4) is 0 Å². The van der Waals surface area contributed by atoms with Crippen molar-refractivity contribution >= 4 is 37.7 Å². The number of fused-ring (bicyclic) bond motifs is 2. The molecule has 9 heteroatoms. The molecule has 0 aliphatic rings. The summed E-state index contributed by atoms with van der Waals surface area (Å²) in [6.45, 7) is 4.69. The maximum absolute atomic E-state index is 13.0. The zero-order valence-electron chi connectivity index (χ0n) is 19.4. The van der Waals surface area contributed by atoms with Gasteiger partial charge in [-0.05, 0) is 54.8 Å². The molecule has 0 bridgehead atoms. The maximum atomic E-state index is 13.0. The second-order valence-electron chi connectivity index (χ2n) is 8.43. The molecule has 0 spiro atoms. The van der Waals surface area contributed by atoms with Crippen LogP contribution in [-0.4, -0.2) is 31.6 Å². The lowest BCUT2D eigenvalue weighted by atomic mass is 10.0. The third kappa shape index (κ3) is 5.12. The van der Waals surface area contributed by atoms with Gasteiger partial charge in [-0.2, -0.15) is 4.72 Å². The fourth-order valence-corrected chi connectivity index (χ4v) is 5.09. The molecule has 0 aliphatic carbocycles. The number of nitrogens with one attached hydrogen (secondary N) is 1. The van der Waals surface area contributed by atoms with Crippen LogP contribution in [0.2, 0.25) is 0 Å². The third-order valence-electron chi connectivity index (χ3n) is 5.94. The summed E-state index contributed by atoms with van der Waals surface area (Å²) < 4.78 is 38.8. The van der Waals surface area contributed by atoms with Crippen molar-refractivity contribution in [2.24, 2.45) is 0 Å². The molecule has 8 nitrogen and oxygen atoms in total. The van der Waals surface area contributed by atoms with Crippen molar-refractivity contribution in [3.63, 3.8) is 0 Å². The van der Waals surface area contributed by atoms with Crippen LogP contribution in [0.15, 0.2) is 74.8 Å². The van der Waals surface area contributed by atoms with E-state index < -0.39 is 33.8 Å². The average Bonchev–Trinajstić information content (AvgIpc) is 2.83. The Bertz CT molecular complexity index is 1590. The van der Waals surface area contributed by atoms with Crippen LogP contribution in [0.1, 0.15) is 23.6 Å². The number of sulfonamides is 1. The molecule has 0 radical (unpaired) electrons. The molecule has 4 rings (SSSR count). The van der Waals surface area contributed by atoms with Crippen LogP contribution in [0.4, 0.5) is 0 Å². The lowest BCUT2D eigenvalue weighted by Crippen LogP contribution is -2.48. The summed E-state index contributed by atoms with van der Waals surface area (Å²) >= 11 is 0. The first-order valence-corrected chi connectivity index (χ1v) is 12.4. The number of aliphatic hydroxyl groups excluding tert-OH is 1. The minimum atomic E-state index is -4.15. The van der Waals surface area contributed by atoms with Gasteiger partial charge in [-0.3, -0.25) is 4.79 Å². The third-order valence-corrected chi connectivity index (χ3v) is 7.38. The normalized spacial score (nSPS) is 13.6. The Morgan fingerprint density at radius 1 is 1.06 bits per heavy atom. The van der Waals surface area contributed by atoms with Gasteiger partial charge < -0.3 is 14.3 Å². The van der Waals surface area contributed by atoms with Gasteiger partial charge >= 0.3 is 11.6 Å². The molecule has 182 valence electrons. The summed E-state index contributed by atoms with van der Waals surface area (Å²) in [5.74, 6) is -0.977. The second-order valence-corrected chi connectivity index (χ2v) is 10.1. The Labute approximate surface area is 202 Å². The smallest absolute Gasteiger partial charge is 0.336 e. The number of hydrogen-bond acceptors (Lipinski definition) is 7. The van der Waals surface area contributed by atoms with E-state index in [4.69, 9.17) is 9.15 Å². The highest BCUT2D eigenvalue weighted by Crippen LogP contribution is 2.24. The maximum Gasteiger partial charge on any atom is 0.336 e. The van der Waals surface area contributed by atoms with Crippen LogP contribution in [0, 0.1) is 13.8 Å². The van der Waals surface area contributed by atoms with Crippen LogP contribution in [0.5, 0.6) is 0 Å². The summed E-state index contributed by atoms with van der Waals surface area (Å²) in [5.41, 5.74) is 1.94. The minimum Gasteiger partial charge on any atom is -0.460 e. The number of esters is 1. The Hall–Kier alpha value is -3.53. The van der Waals surface area contributed by atoms with Gasteiger partial charge in [-0.1, -0.05) is 42.5 Å². The fourth-order valence-electron chi connectivity index (χ4n) is 3.80. The first-order valence-electron chi connectivity index (χ1n) is 11.0. The monoisotopic (exact) mass is 495 g/mol. The van der Waals surface area contributed by atoms with Gasteiger partial charge in [0.2, 0.25) is 10.0 Å². The van der Waals surface area contributed by atoms with E-state index in [1.165, 1.54) is 25.1 Å². The molecule has 0 amide bonds. The van der Waals surface area contributed by atoms with Crippen LogP contribution in [0.3, 0.4) is 0 Å². The topological polar surface area (TPSA) is 123 Å². The molecule has 0 saturated heterocycles. The van der Waals surface area contributed by atoms with E-state index in [0.717, 1.165) is 16.5 Å². The lowest BCUT2D eigenvalue weighted by molar-refractivity contribution is -0.149. The first kappa shape index (κ1) is 24.6. The fraction of sp³-hybridized carbons (Fsp3) is 0.231. The van der Waals surface area contributed by atoms with E-state index in [2.05, 4.69) is 4.72 Å². The summed E-state index contributed by atoms with van der Waals surface area (Å²) in [4.78, 5) is 24.8. The van der Waals surface area contributed by atoms with Crippen LogP contribution < -0.4 is 10.3 Å². The Kier molecular flexibility index (Phi) is 6.75. The molecular weight excluding hydrogens is 470 g/mol. The van der Waals surface area contributed by atoms with Crippen molar-refractivity contribution in [3.05, 3.63) is 87.8 Å². The highest BCUT2D eigenvalue weighted by atomic mass is 32.2. The van der Waals surface area contributed by atoms with Gasteiger partial charge in [-0.25, -0.2) is 13.2 Å². The SMILES string of the molecule is Cc1ccc2c(COC(=O)[C@@H](NS(=O)(=O)c3ccc4ccccc4c3)[C@@H](C)O)cc(=O)oc2c1C. The van der Waals surface area contributed by atoms with Gasteiger partial charge in [0.25, 0.3) is 0 Å². The van der Waals surface area contributed by atoms with E-state index in [1.54, 1.807) is 24.3 Å². The predicted octanol–water partition coefficient (Wildman–Crippen LogP) is 3.33. The predicted molar refractivity (Wildman–Crippen MR) is 131 cm³/mol. The molecule has 3 aromatic carbocycles. The van der Waals surface area contributed by atoms with Gasteiger partial charge in [-0.15, -0.1) is 0 Å². The van der Waals surface area contributed by atoms with E-state index >= 15 is 0 Å². The first-order chi connectivity index (χ1) is 16.6. The number of benzene rings is 3. The van der Waals surface area contributed by atoms with Crippen molar-refractivity contribution in [2.75, 3.05) is 0 Å². The number of rotatable bonds is 7. The van der Waals surface area contributed by atoms with Crippen LogP contribution in [-0.2, 0) is 26.2 Å². The number of aliphatic hydroxyl groups is 1. The summed E-state index contributed by atoms with van der Waals surface area (Å²) in [6, 6.07) is 15.1. The summed E-state index contributed by atoms with van der Waals surface area (Å²) in [6.07, 6.45) is -1.37. The molecule has 1 aromatic heterocycles. The average molecular weight is 496 g/mol. The van der Waals surface area contributed by atoms with E-state index in [-0.39, 0.29) is 11.5 Å². The Morgan fingerprint density at radius 3 is 2.49 bits per heavy atom. The number of hydrogen-bond donors (Lipinski definition) is 2. The van der Waals surface area contributed by atoms with Crippen molar-refractivity contribution < 1.29 is 27.5 Å². The van der Waals surface area contributed by atoms with Crippen molar-refractivity contribution in [2.45, 2.75) is 44.4 Å². The largest absolute Gasteiger partial charge is 0.460 e. The molecular formula is C26H25NO7S. The number of carbonyl (C=O) groups excluding carboxylic acids is 1. The number of aryl methyl sites for hydroxylation is 2. The molecule has 1 heterocycles. The van der Waals surface area contributed by atoms with Gasteiger partial charge in [0.05, 0.1) is 11.0 Å². The molecule has 0 saturated carbocycles. The zero-order valence-corrected chi connectivity index (χ0v) is 20.3. The molecule has 0 unspecified atom stereocenters.